The van der Waals surface area contributed by atoms with Gasteiger partial charge in [0.05, 0.1) is 6.10 Å². The summed E-state index contributed by atoms with van der Waals surface area (Å²) in [4.78, 5) is 0. The number of aliphatic hydroxyl groups is 1. The topological polar surface area (TPSA) is 20.2 Å². The minimum absolute atomic E-state index is 0.0348. The van der Waals surface area contributed by atoms with Gasteiger partial charge < -0.3 is 5.11 Å². The highest BCUT2D eigenvalue weighted by atomic mass is 16.3. The highest BCUT2D eigenvalue weighted by Crippen LogP contribution is 2.47. The Labute approximate surface area is 161 Å². The maximum absolute atomic E-state index is 10.9. The highest BCUT2D eigenvalue weighted by Gasteiger charge is 2.39. The van der Waals surface area contributed by atoms with Crippen molar-refractivity contribution in [2.24, 2.45) is 11.8 Å². The molecule has 0 saturated heterocycles. The van der Waals surface area contributed by atoms with Crippen LogP contribution in [0.3, 0.4) is 0 Å². The average molecular weight is 357 g/mol. The molecule has 1 aliphatic rings. The minimum atomic E-state index is -0.206. The Morgan fingerprint density at radius 3 is 2.19 bits per heavy atom. The molecule has 0 radical (unpaired) electrons. The molecule has 0 aliphatic heterocycles. The van der Waals surface area contributed by atoms with Crippen LogP contribution in [0.4, 0.5) is 0 Å². The van der Waals surface area contributed by atoms with E-state index in [4.69, 9.17) is 0 Å². The molecule has 1 aliphatic carbocycles. The lowest BCUT2D eigenvalue weighted by molar-refractivity contribution is 0.0156. The van der Waals surface area contributed by atoms with Crippen molar-refractivity contribution >= 4 is 32.3 Å². The molecule has 3 unspecified atom stereocenters. The number of hydrogen-bond donors (Lipinski definition) is 1. The quantitative estimate of drug-likeness (QED) is 0.398. The van der Waals surface area contributed by atoms with Gasteiger partial charge in [-0.1, -0.05) is 75.4 Å². The molecule has 4 aromatic rings. The van der Waals surface area contributed by atoms with E-state index in [0.29, 0.717) is 11.8 Å². The molecule has 0 aromatic heterocycles. The average Bonchev–Trinajstić information content (AvgIpc) is 2.65. The molecule has 1 nitrogen and oxygen atoms in total. The molecular formula is C26H28O. The SMILES string of the molecule is CC(C)C1CCC(C)(c2ccc3ccc4cccc5ccc2c3c45)CC1O. The van der Waals surface area contributed by atoms with Crippen LogP contribution in [0.5, 0.6) is 0 Å². The van der Waals surface area contributed by atoms with Crippen molar-refractivity contribution in [1.82, 2.24) is 0 Å². The molecule has 1 saturated carbocycles. The van der Waals surface area contributed by atoms with Crippen molar-refractivity contribution in [3.05, 3.63) is 60.2 Å². The molecule has 138 valence electrons. The first-order chi connectivity index (χ1) is 13.0. The van der Waals surface area contributed by atoms with Gasteiger partial charge in [0.1, 0.15) is 0 Å². The monoisotopic (exact) mass is 356 g/mol. The summed E-state index contributed by atoms with van der Waals surface area (Å²) in [6.07, 6.45) is 2.91. The first kappa shape index (κ1) is 17.0. The van der Waals surface area contributed by atoms with E-state index in [0.717, 1.165) is 19.3 Å². The Kier molecular flexibility index (Phi) is 3.74. The first-order valence-electron chi connectivity index (χ1n) is 10.3. The first-order valence-corrected chi connectivity index (χ1v) is 10.3. The fourth-order valence-electron chi connectivity index (χ4n) is 5.68. The Hall–Kier alpha value is -2.12. The number of aliphatic hydroxyl groups excluding tert-OH is 1. The van der Waals surface area contributed by atoms with Crippen molar-refractivity contribution in [1.29, 1.82) is 0 Å². The number of benzene rings is 4. The van der Waals surface area contributed by atoms with Gasteiger partial charge in [-0.05, 0) is 74.4 Å². The molecule has 0 heterocycles. The van der Waals surface area contributed by atoms with Crippen LogP contribution in [0.15, 0.2) is 54.6 Å². The van der Waals surface area contributed by atoms with Gasteiger partial charge >= 0.3 is 0 Å². The lowest BCUT2D eigenvalue weighted by Gasteiger charge is -2.43. The van der Waals surface area contributed by atoms with E-state index in [2.05, 4.69) is 75.4 Å². The summed E-state index contributed by atoms with van der Waals surface area (Å²) in [5.41, 5.74) is 1.45. The predicted octanol–water partition coefficient (Wildman–Crippen LogP) is 6.66. The second-order valence-corrected chi connectivity index (χ2v) is 9.25. The highest BCUT2D eigenvalue weighted by molar-refractivity contribution is 6.23. The van der Waals surface area contributed by atoms with Crippen molar-refractivity contribution in [2.75, 3.05) is 0 Å². The van der Waals surface area contributed by atoms with E-state index in [-0.39, 0.29) is 11.5 Å². The van der Waals surface area contributed by atoms with Crippen LogP contribution in [0.2, 0.25) is 0 Å². The van der Waals surface area contributed by atoms with Crippen LogP contribution in [0, 0.1) is 11.8 Å². The smallest absolute Gasteiger partial charge is 0.0579 e. The molecule has 1 heteroatoms. The van der Waals surface area contributed by atoms with Gasteiger partial charge in [-0.15, -0.1) is 0 Å². The van der Waals surface area contributed by atoms with Crippen molar-refractivity contribution in [3.8, 4) is 0 Å². The van der Waals surface area contributed by atoms with Gasteiger partial charge in [0.15, 0.2) is 0 Å². The van der Waals surface area contributed by atoms with E-state index in [9.17, 15) is 5.11 Å². The van der Waals surface area contributed by atoms with Crippen molar-refractivity contribution in [3.63, 3.8) is 0 Å². The second kappa shape index (κ2) is 5.94. The van der Waals surface area contributed by atoms with Gasteiger partial charge in [-0.25, -0.2) is 0 Å². The van der Waals surface area contributed by atoms with E-state index < -0.39 is 0 Å². The van der Waals surface area contributed by atoms with E-state index in [1.165, 1.54) is 37.9 Å². The van der Waals surface area contributed by atoms with Crippen LogP contribution < -0.4 is 0 Å². The predicted molar refractivity (Wildman–Crippen MR) is 116 cm³/mol. The molecular weight excluding hydrogens is 328 g/mol. The Morgan fingerprint density at radius 2 is 1.52 bits per heavy atom. The van der Waals surface area contributed by atoms with Crippen molar-refractivity contribution in [2.45, 2.75) is 51.6 Å². The van der Waals surface area contributed by atoms with Crippen LogP contribution in [0.1, 0.15) is 45.6 Å². The van der Waals surface area contributed by atoms with Gasteiger partial charge in [0.25, 0.3) is 0 Å². The molecule has 3 atom stereocenters. The largest absolute Gasteiger partial charge is 0.393 e. The number of hydrogen-bond acceptors (Lipinski definition) is 1. The second-order valence-electron chi connectivity index (χ2n) is 9.25. The third-order valence-corrected chi connectivity index (χ3v) is 7.22. The van der Waals surface area contributed by atoms with Gasteiger partial charge in [0.2, 0.25) is 0 Å². The van der Waals surface area contributed by atoms with E-state index in [1.807, 2.05) is 0 Å². The summed E-state index contributed by atoms with van der Waals surface area (Å²) in [5, 5.41) is 19.0. The van der Waals surface area contributed by atoms with Crippen LogP contribution in [-0.2, 0) is 5.41 Å². The summed E-state index contributed by atoms with van der Waals surface area (Å²) in [6.45, 7) is 6.85. The van der Waals surface area contributed by atoms with Crippen LogP contribution in [-0.4, -0.2) is 11.2 Å². The van der Waals surface area contributed by atoms with Gasteiger partial charge in [0, 0.05) is 0 Å². The van der Waals surface area contributed by atoms with Gasteiger partial charge in [-0.2, -0.15) is 0 Å². The van der Waals surface area contributed by atoms with E-state index >= 15 is 0 Å². The third kappa shape index (κ3) is 2.48. The molecule has 4 aromatic carbocycles. The Balaban J connectivity index is 1.72. The standard InChI is InChI=1S/C26H28O/c1-16(2)20-13-14-26(3,15-23(20)27)22-12-10-19-8-7-17-5-4-6-18-9-11-21(22)25(19)24(17)18/h4-12,16,20,23,27H,13-15H2,1-3H3. The fourth-order valence-corrected chi connectivity index (χ4v) is 5.68. The zero-order valence-electron chi connectivity index (χ0n) is 16.5. The van der Waals surface area contributed by atoms with Crippen LogP contribution >= 0.6 is 0 Å². The summed E-state index contributed by atoms with van der Waals surface area (Å²) < 4.78 is 0. The number of rotatable bonds is 2. The van der Waals surface area contributed by atoms with Crippen LogP contribution in [0.25, 0.3) is 32.3 Å². The molecule has 1 fully saturated rings. The molecule has 0 bridgehead atoms. The zero-order chi connectivity index (χ0) is 18.8. The van der Waals surface area contributed by atoms with Gasteiger partial charge in [-0.3, -0.25) is 0 Å². The summed E-state index contributed by atoms with van der Waals surface area (Å²) in [5.74, 6) is 0.976. The molecule has 27 heavy (non-hydrogen) atoms. The zero-order valence-corrected chi connectivity index (χ0v) is 16.5. The minimum Gasteiger partial charge on any atom is -0.393 e. The summed E-state index contributed by atoms with van der Waals surface area (Å²) in [6, 6.07) is 20.3. The Morgan fingerprint density at radius 1 is 0.889 bits per heavy atom. The normalized spacial score (nSPS) is 26.6. The summed E-state index contributed by atoms with van der Waals surface area (Å²) in [7, 11) is 0. The van der Waals surface area contributed by atoms with E-state index in [1.54, 1.807) is 0 Å². The van der Waals surface area contributed by atoms with Crippen molar-refractivity contribution < 1.29 is 5.11 Å². The molecule has 0 spiro atoms. The maximum atomic E-state index is 10.9. The maximum Gasteiger partial charge on any atom is 0.0579 e. The molecule has 5 rings (SSSR count). The fraction of sp³-hybridized carbons (Fsp3) is 0.385. The molecule has 1 N–H and O–H groups in total. The lowest BCUT2D eigenvalue weighted by atomic mass is 9.63. The third-order valence-electron chi connectivity index (χ3n) is 7.22. The summed E-state index contributed by atoms with van der Waals surface area (Å²) >= 11 is 0. The Bertz CT molecular complexity index is 1110. The lowest BCUT2D eigenvalue weighted by Crippen LogP contribution is -2.40. The molecule has 0 amide bonds.